The first-order chi connectivity index (χ1) is 9.81. The number of aromatic nitrogens is 1. The lowest BCUT2D eigenvalue weighted by atomic mass is 9.94. The number of fused-ring (bicyclic) bond motifs is 1. The molecule has 1 aromatic heterocycles. The van der Waals surface area contributed by atoms with Crippen molar-refractivity contribution in [3.8, 4) is 0 Å². The molecular formula is C17H24N2O. The standard InChI is InChI=1S/C17H24N2O/c1-4-7-16(20-5-2)17(18-3)14-9-6-8-13-10-11-19-12-15(13)14/h6,8-12,16-18H,4-5,7H2,1-3H3. The van der Waals surface area contributed by atoms with Crippen LogP contribution in [0.25, 0.3) is 10.8 Å². The van der Waals surface area contributed by atoms with Gasteiger partial charge in [-0.25, -0.2) is 0 Å². The molecular weight excluding hydrogens is 248 g/mol. The third-order valence-electron chi connectivity index (χ3n) is 3.69. The molecule has 1 N–H and O–H groups in total. The largest absolute Gasteiger partial charge is 0.377 e. The van der Waals surface area contributed by atoms with Gasteiger partial charge in [-0.1, -0.05) is 31.5 Å². The first-order valence-electron chi connectivity index (χ1n) is 7.43. The van der Waals surface area contributed by atoms with Gasteiger partial charge in [0.05, 0.1) is 12.1 Å². The lowest BCUT2D eigenvalue weighted by Crippen LogP contribution is -2.32. The van der Waals surface area contributed by atoms with Crippen LogP contribution < -0.4 is 5.32 Å². The Kier molecular flexibility index (Phi) is 5.50. The molecule has 3 heteroatoms. The number of ether oxygens (including phenoxy) is 1. The van der Waals surface area contributed by atoms with Crippen LogP contribution in [0.5, 0.6) is 0 Å². The molecule has 108 valence electrons. The number of hydrogen-bond acceptors (Lipinski definition) is 3. The molecule has 2 aromatic rings. The molecule has 0 saturated carbocycles. The van der Waals surface area contributed by atoms with E-state index in [1.54, 1.807) is 0 Å². The average molecular weight is 272 g/mol. The van der Waals surface area contributed by atoms with E-state index in [4.69, 9.17) is 4.74 Å². The Balaban J connectivity index is 2.42. The number of hydrogen-bond donors (Lipinski definition) is 1. The zero-order valence-corrected chi connectivity index (χ0v) is 12.6. The summed E-state index contributed by atoms with van der Waals surface area (Å²) in [6.07, 6.45) is 6.15. The maximum atomic E-state index is 5.96. The minimum atomic E-state index is 0.195. The molecule has 0 fully saturated rings. The van der Waals surface area contributed by atoms with E-state index >= 15 is 0 Å². The highest BCUT2D eigenvalue weighted by atomic mass is 16.5. The fourth-order valence-electron chi connectivity index (χ4n) is 2.79. The summed E-state index contributed by atoms with van der Waals surface area (Å²) in [6, 6.07) is 8.66. The van der Waals surface area contributed by atoms with E-state index in [1.807, 2.05) is 19.4 Å². The van der Waals surface area contributed by atoms with Gasteiger partial charge in [-0.3, -0.25) is 4.98 Å². The second-order valence-electron chi connectivity index (χ2n) is 4.99. The summed E-state index contributed by atoms with van der Waals surface area (Å²) in [5.41, 5.74) is 1.27. The highest BCUT2D eigenvalue weighted by molar-refractivity contribution is 5.85. The van der Waals surface area contributed by atoms with Crippen molar-refractivity contribution < 1.29 is 4.74 Å². The van der Waals surface area contributed by atoms with Gasteiger partial charge in [0.1, 0.15) is 0 Å². The van der Waals surface area contributed by atoms with Crippen molar-refractivity contribution in [3.05, 3.63) is 42.2 Å². The molecule has 1 heterocycles. The van der Waals surface area contributed by atoms with Crippen LogP contribution in [-0.4, -0.2) is 24.7 Å². The zero-order valence-electron chi connectivity index (χ0n) is 12.6. The quantitative estimate of drug-likeness (QED) is 0.834. The molecule has 20 heavy (non-hydrogen) atoms. The van der Waals surface area contributed by atoms with Crippen LogP contribution >= 0.6 is 0 Å². The summed E-state index contributed by atoms with van der Waals surface area (Å²) in [4.78, 5) is 4.27. The molecule has 2 unspecified atom stereocenters. The Morgan fingerprint density at radius 1 is 1.25 bits per heavy atom. The normalized spacial score (nSPS) is 14.3. The van der Waals surface area contributed by atoms with Gasteiger partial charge in [0.25, 0.3) is 0 Å². The average Bonchev–Trinajstić information content (AvgIpc) is 2.49. The van der Waals surface area contributed by atoms with E-state index < -0.39 is 0 Å². The molecule has 0 aliphatic carbocycles. The lowest BCUT2D eigenvalue weighted by Gasteiger charge is -2.28. The van der Waals surface area contributed by atoms with Crippen molar-refractivity contribution >= 4 is 10.8 Å². The fraction of sp³-hybridized carbons (Fsp3) is 0.471. The third kappa shape index (κ3) is 3.17. The first-order valence-corrected chi connectivity index (χ1v) is 7.43. The van der Waals surface area contributed by atoms with Crippen LogP contribution in [0.2, 0.25) is 0 Å². The number of benzene rings is 1. The van der Waals surface area contributed by atoms with Gasteiger partial charge in [0.2, 0.25) is 0 Å². The van der Waals surface area contributed by atoms with Crippen LogP contribution in [0.1, 0.15) is 38.3 Å². The SMILES string of the molecule is CCCC(OCC)C(NC)c1cccc2ccncc12. The second kappa shape index (κ2) is 7.36. The molecule has 3 nitrogen and oxygen atoms in total. The van der Waals surface area contributed by atoms with Crippen LogP contribution in [0.3, 0.4) is 0 Å². The van der Waals surface area contributed by atoms with Crippen molar-refractivity contribution in [2.75, 3.05) is 13.7 Å². The summed E-state index contributed by atoms with van der Waals surface area (Å²) in [5, 5.41) is 5.86. The highest BCUT2D eigenvalue weighted by Crippen LogP contribution is 2.28. The Morgan fingerprint density at radius 3 is 2.80 bits per heavy atom. The monoisotopic (exact) mass is 272 g/mol. The Morgan fingerprint density at radius 2 is 2.10 bits per heavy atom. The summed E-state index contributed by atoms with van der Waals surface area (Å²) >= 11 is 0. The minimum absolute atomic E-state index is 0.195. The van der Waals surface area contributed by atoms with Gasteiger partial charge >= 0.3 is 0 Å². The lowest BCUT2D eigenvalue weighted by molar-refractivity contribution is 0.0299. The van der Waals surface area contributed by atoms with Crippen molar-refractivity contribution in [1.29, 1.82) is 0 Å². The number of rotatable bonds is 7. The number of nitrogens with zero attached hydrogens (tertiary/aromatic N) is 1. The van der Waals surface area contributed by atoms with E-state index in [9.17, 15) is 0 Å². The van der Waals surface area contributed by atoms with Crippen LogP contribution in [0.4, 0.5) is 0 Å². The van der Waals surface area contributed by atoms with Gasteiger partial charge in [-0.2, -0.15) is 0 Å². The second-order valence-corrected chi connectivity index (χ2v) is 4.99. The molecule has 0 radical (unpaired) electrons. The molecule has 0 spiro atoms. The first kappa shape index (κ1) is 14.9. The summed E-state index contributed by atoms with van der Waals surface area (Å²) in [6.45, 7) is 5.00. The van der Waals surface area contributed by atoms with E-state index in [-0.39, 0.29) is 12.1 Å². The van der Waals surface area contributed by atoms with Crippen molar-refractivity contribution in [2.24, 2.45) is 0 Å². The minimum Gasteiger partial charge on any atom is -0.377 e. The molecule has 2 rings (SSSR count). The summed E-state index contributed by atoms with van der Waals surface area (Å²) in [5.74, 6) is 0. The molecule has 0 saturated heterocycles. The van der Waals surface area contributed by atoms with Gasteiger partial charge in [0, 0.05) is 24.4 Å². The molecule has 2 atom stereocenters. The number of pyridine rings is 1. The molecule has 0 aliphatic rings. The number of nitrogens with one attached hydrogen (secondary N) is 1. The fourth-order valence-corrected chi connectivity index (χ4v) is 2.79. The summed E-state index contributed by atoms with van der Waals surface area (Å²) < 4.78 is 5.96. The molecule has 0 aliphatic heterocycles. The predicted molar refractivity (Wildman–Crippen MR) is 83.9 cm³/mol. The zero-order chi connectivity index (χ0) is 14.4. The number of likely N-dealkylation sites (N-methyl/N-ethyl adjacent to an activating group) is 1. The van der Waals surface area contributed by atoms with E-state index in [0.717, 1.165) is 19.4 Å². The Labute approximate surface area is 121 Å². The van der Waals surface area contributed by atoms with Crippen molar-refractivity contribution in [2.45, 2.75) is 38.8 Å². The molecule has 0 amide bonds. The van der Waals surface area contributed by atoms with Crippen molar-refractivity contribution in [3.63, 3.8) is 0 Å². The molecule has 0 bridgehead atoms. The van der Waals surface area contributed by atoms with E-state index in [1.165, 1.54) is 16.3 Å². The third-order valence-corrected chi connectivity index (χ3v) is 3.69. The van der Waals surface area contributed by atoms with Crippen LogP contribution in [0.15, 0.2) is 36.7 Å². The highest BCUT2D eigenvalue weighted by Gasteiger charge is 2.23. The maximum Gasteiger partial charge on any atom is 0.0769 e. The summed E-state index contributed by atoms with van der Waals surface area (Å²) in [7, 11) is 2.00. The van der Waals surface area contributed by atoms with E-state index in [2.05, 4.69) is 48.4 Å². The maximum absolute atomic E-state index is 5.96. The van der Waals surface area contributed by atoms with E-state index in [0.29, 0.717) is 0 Å². The van der Waals surface area contributed by atoms with Gasteiger partial charge in [-0.15, -0.1) is 0 Å². The van der Waals surface area contributed by atoms with Gasteiger partial charge in [-0.05, 0) is 37.4 Å². The van der Waals surface area contributed by atoms with Crippen molar-refractivity contribution in [1.82, 2.24) is 10.3 Å². The Bertz CT molecular complexity index is 530. The molecule has 1 aromatic carbocycles. The van der Waals surface area contributed by atoms with Gasteiger partial charge < -0.3 is 10.1 Å². The van der Waals surface area contributed by atoms with Crippen LogP contribution in [-0.2, 0) is 4.74 Å². The smallest absolute Gasteiger partial charge is 0.0769 e. The van der Waals surface area contributed by atoms with Crippen LogP contribution in [0, 0.1) is 0 Å². The topological polar surface area (TPSA) is 34.1 Å². The predicted octanol–water partition coefficient (Wildman–Crippen LogP) is 3.70. The van der Waals surface area contributed by atoms with Gasteiger partial charge in [0.15, 0.2) is 0 Å². The Hall–Kier alpha value is -1.45.